The van der Waals surface area contributed by atoms with Gasteiger partial charge in [0.05, 0.1) is 0 Å². The lowest BCUT2D eigenvalue weighted by atomic mass is 10.3. The van der Waals surface area contributed by atoms with E-state index in [1.165, 1.54) is 24.3 Å². The molecule has 0 unspecified atom stereocenters. The molecule has 0 saturated heterocycles. The second-order valence-electron chi connectivity index (χ2n) is 3.91. The number of ether oxygens (including phenoxy) is 1. The van der Waals surface area contributed by atoms with E-state index in [0.717, 1.165) is 6.07 Å². The highest BCUT2D eigenvalue weighted by Gasteiger charge is 2.09. The number of carbonyl (C=O) groups is 1. The van der Waals surface area contributed by atoms with E-state index in [2.05, 4.69) is 15.5 Å². The van der Waals surface area contributed by atoms with Gasteiger partial charge in [-0.05, 0) is 25.1 Å². The molecule has 7 heteroatoms. The largest absolute Gasteiger partial charge is 0.434 e. The Balaban J connectivity index is 2.12. The quantitative estimate of drug-likeness (QED) is 0.830. The minimum absolute atomic E-state index is 0.0146. The second kappa shape index (κ2) is 5.96. The van der Waals surface area contributed by atoms with Crippen molar-refractivity contribution in [2.75, 3.05) is 12.3 Å². The van der Waals surface area contributed by atoms with Crippen LogP contribution in [0, 0.1) is 5.82 Å². The average Bonchev–Trinajstić information content (AvgIpc) is 2.43. The summed E-state index contributed by atoms with van der Waals surface area (Å²) in [5, 5.41) is 10.0. The molecule has 0 saturated carbocycles. The number of aromatic nitrogens is 2. The van der Waals surface area contributed by atoms with E-state index in [1.807, 2.05) is 0 Å². The molecule has 0 aliphatic heterocycles. The highest BCUT2D eigenvalue weighted by atomic mass is 19.1. The number of halogens is 1. The van der Waals surface area contributed by atoms with Gasteiger partial charge in [-0.15, -0.1) is 10.2 Å². The lowest BCUT2D eigenvalue weighted by Gasteiger charge is -2.06. The number of nitrogens with two attached hydrogens (primary N) is 1. The van der Waals surface area contributed by atoms with Gasteiger partial charge in [0.15, 0.2) is 17.3 Å². The van der Waals surface area contributed by atoms with Crippen molar-refractivity contribution in [3.8, 4) is 11.6 Å². The lowest BCUT2D eigenvalue weighted by molar-refractivity contribution is 0.0949. The van der Waals surface area contributed by atoms with Crippen molar-refractivity contribution in [3.05, 3.63) is 41.8 Å². The van der Waals surface area contributed by atoms with Gasteiger partial charge in [0.1, 0.15) is 0 Å². The van der Waals surface area contributed by atoms with Crippen LogP contribution in [-0.2, 0) is 0 Å². The summed E-state index contributed by atoms with van der Waals surface area (Å²) < 4.78 is 18.7. The zero-order valence-corrected chi connectivity index (χ0v) is 10.8. The summed E-state index contributed by atoms with van der Waals surface area (Å²) in [6, 6.07) is 6.93. The highest BCUT2D eigenvalue weighted by Crippen LogP contribution is 2.24. The number of hydrogen-bond acceptors (Lipinski definition) is 5. The number of hydrogen-bond donors (Lipinski definition) is 2. The minimum atomic E-state index is -0.598. The molecule has 1 amide bonds. The lowest BCUT2D eigenvalue weighted by Crippen LogP contribution is -2.23. The molecule has 1 aromatic heterocycles. The highest BCUT2D eigenvalue weighted by molar-refractivity contribution is 5.91. The van der Waals surface area contributed by atoms with Crippen molar-refractivity contribution in [1.29, 1.82) is 0 Å². The van der Waals surface area contributed by atoms with Crippen LogP contribution in [-0.4, -0.2) is 22.6 Å². The molecule has 0 radical (unpaired) electrons. The summed E-state index contributed by atoms with van der Waals surface area (Å²) in [6.45, 7) is 2.29. The normalized spacial score (nSPS) is 10.1. The van der Waals surface area contributed by atoms with Gasteiger partial charge in [0.25, 0.3) is 5.91 Å². The van der Waals surface area contributed by atoms with Crippen LogP contribution < -0.4 is 15.8 Å². The van der Waals surface area contributed by atoms with E-state index in [1.54, 1.807) is 6.92 Å². The Morgan fingerprint density at radius 2 is 2.15 bits per heavy atom. The summed E-state index contributed by atoms with van der Waals surface area (Å²) in [7, 11) is 0. The SMILES string of the molecule is CCNC(=O)c1ccc(Oc2ccc(N)cc2F)nn1. The van der Waals surface area contributed by atoms with E-state index < -0.39 is 5.82 Å². The maximum absolute atomic E-state index is 13.5. The molecule has 0 aliphatic rings. The number of benzene rings is 1. The number of anilines is 1. The molecule has 0 fully saturated rings. The van der Waals surface area contributed by atoms with Crippen LogP contribution in [0.15, 0.2) is 30.3 Å². The number of nitrogens with one attached hydrogen (secondary N) is 1. The molecule has 2 aromatic rings. The van der Waals surface area contributed by atoms with E-state index in [4.69, 9.17) is 10.5 Å². The first-order valence-electron chi connectivity index (χ1n) is 5.95. The fourth-order valence-corrected chi connectivity index (χ4v) is 1.46. The molecule has 20 heavy (non-hydrogen) atoms. The fraction of sp³-hybridized carbons (Fsp3) is 0.154. The summed E-state index contributed by atoms with van der Waals surface area (Å²) in [6.07, 6.45) is 0. The Hall–Kier alpha value is -2.70. The summed E-state index contributed by atoms with van der Waals surface area (Å²) in [5.41, 5.74) is 5.90. The molecular weight excluding hydrogens is 263 g/mol. The van der Waals surface area contributed by atoms with Crippen molar-refractivity contribution in [3.63, 3.8) is 0 Å². The Morgan fingerprint density at radius 3 is 2.75 bits per heavy atom. The molecule has 0 bridgehead atoms. The Bertz CT molecular complexity index is 616. The Morgan fingerprint density at radius 1 is 1.35 bits per heavy atom. The topological polar surface area (TPSA) is 90.1 Å². The van der Waals surface area contributed by atoms with E-state index >= 15 is 0 Å². The smallest absolute Gasteiger partial charge is 0.271 e. The molecule has 3 N–H and O–H groups in total. The number of nitrogen functional groups attached to an aromatic ring is 1. The molecule has 2 rings (SSSR count). The van der Waals surface area contributed by atoms with Gasteiger partial charge in [-0.1, -0.05) is 0 Å². The molecule has 0 aliphatic carbocycles. The van der Waals surface area contributed by atoms with Crippen LogP contribution >= 0.6 is 0 Å². The molecule has 6 nitrogen and oxygen atoms in total. The van der Waals surface area contributed by atoms with Gasteiger partial charge >= 0.3 is 0 Å². The maximum atomic E-state index is 13.5. The number of carbonyl (C=O) groups excluding carboxylic acids is 1. The molecule has 0 atom stereocenters. The van der Waals surface area contributed by atoms with Crippen LogP contribution in [0.5, 0.6) is 11.6 Å². The predicted octanol–water partition coefficient (Wildman–Crippen LogP) is 1.74. The summed E-state index contributed by atoms with van der Waals surface area (Å²) >= 11 is 0. The third kappa shape index (κ3) is 3.19. The fourth-order valence-electron chi connectivity index (χ4n) is 1.46. The average molecular weight is 276 g/mol. The van der Waals surface area contributed by atoms with Crippen molar-refractivity contribution in [2.45, 2.75) is 6.92 Å². The Labute approximate surface area is 114 Å². The van der Waals surface area contributed by atoms with Crippen molar-refractivity contribution >= 4 is 11.6 Å². The van der Waals surface area contributed by atoms with Crippen LogP contribution in [0.25, 0.3) is 0 Å². The predicted molar refractivity (Wildman–Crippen MR) is 70.9 cm³/mol. The third-order valence-corrected chi connectivity index (χ3v) is 2.38. The molecule has 104 valence electrons. The maximum Gasteiger partial charge on any atom is 0.271 e. The van der Waals surface area contributed by atoms with Gasteiger partial charge < -0.3 is 15.8 Å². The van der Waals surface area contributed by atoms with Crippen molar-refractivity contribution in [1.82, 2.24) is 15.5 Å². The first-order chi connectivity index (χ1) is 9.60. The zero-order chi connectivity index (χ0) is 14.5. The van der Waals surface area contributed by atoms with Crippen LogP contribution in [0.3, 0.4) is 0 Å². The summed E-state index contributed by atoms with van der Waals surface area (Å²) in [5.74, 6) is -0.856. The van der Waals surface area contributed by atoms with E-state index in [-0.39, 0.29) is 23.2 Å². The van der Waals surface area contributed by atoms with Crippen LogP contribution in [0.1, 0.15) is 17.4 Å². The summed E-state index contributed by atoms with van der Waals surface area (Å²) in [4.78, 5) is 11.5. The van der Waals surface area contributed by atoms with Gasteiger partial charge in [-0.3, -0.25) is 4.79 Å². The molecular formula is C13H13FN4O2. The number of amides is 1. The molecule has 0 spiro atoms. The monoisotopic (exact) mass is 276 g/mol. The standard InChI is InChI=1S/C13H13FN4O2/c1-2-16-13(19)10-4-6-12(18-17-10)20-11-5-3-8(15)7-9(11)14/h3-7H,2,15H2,1H3,(H,16,19). The van der Waals surface area contributed by atoms with Crippen LogP contribution in [0.4, 0.5) is 10.1 Å². The van der Waals surface area contributed by atoms with E-state index in [9.17, 15) is 9.18 Å². The minimum Gasteiger partial charge on any atom is -0.434 e. The van der Waals surface area contributed by atoms with Crippen molar-refractivity contribution in [2.24, 2.45) is 0 Å². The number of nitrogens with zero attached hydrogens (tertiary/aromatic N) is 2. The first-order valence-corrected chi connectivity index (χ1v) is 5.95. The zero-order valence-electron chi connectivity index (χ0n) is 10.8. The first kappa shape index (κ1) is 13.7. The van der Waals surface area contributed by atoms with Gasteiger partial charge in [-0.2, -0.15) is 0 Å². The van der Waals surface area contributed by atoms with Gasteiger partial charge in [0, 0.05) is 24.4 Å². The Kier molecular flexibility index (Phi) is 4.09. The number of rotatable bonds is 4. The molecule has 1 heterocycles. The van der Waals surface area contributed by atoms with E-state index in [0.29, 0.717) is 12.2 Å². The third-order valence-electron chi connectivity index (χ3n) is 2.38. The van der Waals surface area contributed by atoms with Gasteiger partial charge in [-0.25, -0.2) is 4.39 Å². The van der Waals surface area contributed by atoms with Crippen LogP contribution in [0.2, 0.25) is 0 Å². The second-order valence-corrected chi connectivity index (χ2v) is 3.91. The van der Waals surface area contributed by atoms with Gasteiger partial charge in [0.2, 0.25) is 5.88 Å². The molecule has 1 aromatic carbocycles. The van der Waals surface area contributed by atoms with Crippen molar-refractivity contribution < 1.29 is 13.9 Å².